The van der Waals surface area contributed by atoms with Gasteiger partial charge < -0.3 is 5.32 Å². The number of benzene rings is 1. The summed E-state index contributed by atoms with van der Waals surface area (Å²) in [5, 5.41) is 2.94. The third-order valence-electron chi connectivity index (χ3n) is 5.11. The normalized spacial score (nSPS) is 20.5. The van der Waals surface area contributed by atoms with E-state index in [9.17, 15) is 13.2 Å². The maximum Gasteiger partial charge on any atom is 0.263 e. The monoisotopic (exact) mass is 377 g/mol. The molecular weight excluding hydrogens is 350 g/mol. The van der Waals surface area contributed by atoms with E-state index in [0.717, 1.165) is 12.3 Å². The lowest BCUT2D eigenvalue weighted by Crippen LogP contribution is -2.26. The first-order valence-corrected chi connectivity index (χ1v) is 11.0. The number of carbonyl (C=O) groups is 1. The largest absolute Gasteiger partial charge is 0.356 e. The number of hydrogen-bond acceptors (Lipinski definition) is 4. The first-order chi connectivity index (χ1) is 12.6. The van der Waals surface area contributed by atoms with Gasteiger partial charge in [0.05, 0.1) is 11.4 Å². The van der Waals surface area contributed by atoms with Crippen molar-refractivity contribution < 1.29 is 13.2 Å². The molecule has 0 unspecified atom stereocenters. The lowest BCUT2D eigenvalue weighted by Gasteiger charge is -2.21. The summed E-state index contributed by atoms with van der Waals surface area (Å²) in [6.45, 7) is 0.974. The van der Waals surface area contributed by atoms with Crippen LogP contribution in [0.1, 0.15) is 56.9 Å². The molecule has 142 valence electrons. The zero-order valence-corrected chi connectivity index (χ0v) is 15.9. The molecule has 0 radical (unpaired) electrons. The standard InChI is InChI=1S/C19H27N3O3S/c23-18(20-13-6-9-15-7-2-1-3-8-15)12-14-21-19-16-10-4-5-11-17(16)26(24,25)22-19/h4-5,10-11,15H,1-3,6-9,12-14H2,(H,20,23)(H,21,22). The average Bonchev–Trinajstić information content (AvgIpc) is 2.91. The van der Waals surface area contributed by atoms with E-state index in [4.69, 9.17) is 0 Å². The van der Waals surface area contributed by atoms with E-state index >= 15 is 0 Å². The number of amides is 1. The lowest BCUT2D eigenvalue weighted by atomic mass is 9.86. The summed E-state index contributed by atoms with van der Waals surface area (Å²) in [5.74, 6) is 1.13. The molecule has 0 spiro atoms. The van der Waals surface area contributed by atoms with Gasteiger partial charge >= 0.3 is 0 Å². The molecule has 26 heavy (non-hydrogen) atoms. The van der Waals surface area contributed by atoms with Crippen LogP contribution in [-0.2, 0) is 14.8 Å². The molecule has 6 nitrogen and oxygen atoms in total. The molecule has 1 saturated carbocycles. The Morgan fingerprint density at radius 3 is 2.77 bits per heavy atom. The van der Waals surface area contributed by atoms with Crippen molar-refractivity contribution in [3.05, 3.63) is 29.8 Å². The second kappa shape index (κ2) is 8.66. The summed E-state index contributed by atoms with van der Waals surface area (Å²) in [7, 11) is -3.52. The van der Waals surface area contributed by atoms with E-state index in [1.807, 2.05) is 0 Å². The van der Waals surface area contributed by atoms with E-state index in [1.54, 1.807) is 24.3 Å². The van der Waals surface area contributed by atoms with E-state index in [1.165, 1.54) is 38.5 Å². The van der Waals surface area contributed by atoms with Crippen LogP contribution in [0.3, 0.4) is 0 Å². The van der Waals surface area contributed by atoms with Gasteiger partial charge in [-0.3, -0.25) is 14.5 Å². The molecule has 1 aliphatic carbocycles. The first-order valence-electron chi connectivity index (χ1n) is 9.49. The molecule has 0 bridgehead atoms. The molecule has 0 saturated heterocycles. The second-order valence-electron chi connectivity index (χ2n) is 7.08. The maximum absolute atomic E-state index is 12.0. The van der Waals surface area contributed by atoms with E-state index in [0.29, 0.717) is 17.9 Å². The highest BCUT2D eigenvalue weighted by Crippen LogP contribution is 2.27. The molecule has 3 rings (SSSR count). The van der Waals surface area contributed by atoms with Crippen molar-refractivity contribution in [2.45, 2.75) is 56.3 Å². The van der Waals surface area contributed by atoms with Gasteiger partial charge in [0.2, 0.25) is 5.91 Å². The third kappa shape index (κ3) is 4.84. The van der Waals surface area contributed by atoms with Gasteiger partial charge in [0.15, 0.2) is 0 Å². The Balaban J connectivity index is 1.39. The number of nitrogens with one attached hydrogen (secondary N) is 2. The van der Waals surface area contributed by atoms with E-state index < -0.39 is 10.0 Å². The van der Waals surface area contributed by atoms with Crippen LogP contribution in [0.25, 0.3) is 0 Å². The molecule has 7 heteroatoms. The molecule has 2 N–H and O–H groups in total. The predicted octanol–water partition coefficient (Wildman–Crippen LogP) is 2.59. The molecule has 1 heterocycles. The fourth-order valence-electron chi connectivity index (χ4n) is 3.70. The molecule has 0 aromatic heterocycles. The number of rotatable bonds is 7. The quantitative estimate of drug-likeness (QED) is 0.716. The second-order valence-corrected chi connectivity index (χ2v) is 8.73. The van der Waals surface area contributed by atoms with Crippen molar-refractivity contribution in [2.24, 2.45) is 10.9 Å². The zero-order valence-electron chi connectivity index (χ0n) is 15.0. The van der Waals surface area contributed by atoms with Gasteiger partial charge in [-0.15, -0.1) is 0 Å². The van der Waals surface area contributed by atoms with Crippen molar-refractivity contribution >= 4 is 21.8 Å². The smallest absolute Gasteiger partial charge is 0.263 e. The van der Waals surface area contributed by atoms with Gasteiger partial charge in [-0.25, -0.2) is 8.42 Å². The van der Waals surface area contributed by atoms with Crippen LogP contribution in [0, 0.1) is 5.92 Å². The van der Waals surface area contributed by atoms with Crippen molar-refractivity contribution in [3.8, 4) is 0 Å². The highest BCUT2D eigenvalue weighted by Gasteiger charge is 2.29. The Hall–Kier alpha value is -1.89. The van der Waals surface area contributed by atoms with Gasteiger partial charge in [0.25, 0.3) is 10.0 Å². The SMILES string of the molecule is O=C(CCN=C1NS(=O)(=O)c2ccccc21)NCCCC1CCCCC1. The van der Waals surface area contributed by atoms with Gasteiger partial charge in [-0.2, -0.15) is 0 Å². The minimum absolute atomic E-state index is 0.0351. The highest BCUT2D eigenvalue weighted by molar-refractivity contribution is 7.90. The Bertz CT molecular complexity index is 768. The summed E-state index contributed by atoms with van der Waals surface area (Å²) < 4.78 is 26.4. The average molecular weight is 378 g/mol. The van der Waals surface area contributed by atoms with Crippen molar-refractivity contribution in [3.63, 3.8) is 0 Å². The topological polar surface area (TPSA) is 87.6 Å². The molecular formula is C19H27N3O3S. The van der Waals surface area contributed by atoms with Gasteiger partial charge in [0, 0.05) is 18.5 Å². The molecule has 2 aliphatic rings. The predicted molar refractivity (Wildman–Crippen MR) is 102 cm³/mol. The summed E-state index contributed by atoms with van der Waals surface area (Å²) in [6, 6.07) is 6.73. The Morgan fingerprint density at radius 1 is 1.19 bits per heavy atom. The van der Waals surface area contributed by atoms with Crippen molar-refractivity contribution in [2.75, 3.05) is 13.1 Å². The van der Waals surface area contributed by atoms with Gasteiger partial charge in [-0.05, 0) is 30.9 Å². The molecule has 1 aliphatic heterocycles. The third-order valence-corrected chi connectivity index (χ3v) is 6.50. The number of carbonyl (C=O) groups excluding carboxylic acids is 1. The number of amidine groups is 1. The van der Waals surface area contributed by atoms with Gasteiger partial charge in [-0.1, -0.05) is 44.2 Å². The van der Waals surface area contributed by atoms with Crippen LogP contribution >= 0.6 is 0 Å². The van der Waals surface area contributed by atoms with Crippen LogP contribution in [-0.4, -0.2) is 33.3 Å². The summed E-state index contributed by atoms with van der Waals surface area (Å²) >= 11 is 0. The molecule has 1 fully saturated rings. The van der Waals surface area contributed by atoms with Crippen LogP contribution in [0.4, 0.5) is 0 Å². The first kappa shape index (κ1) is 18.9. The van der Waals surface area contributed by atoms with Crippen molar-refractivity contribution in [1.29, 1.82) is 0 Å². The number of fused-ring (bicyclic) bond motifs is 1. The molecule has 0 atom stereocenters. The van der Waals surface area contributed by atoms with Crippen LogP contribution in [0.5, 0.6) is 0 Å². The molecule has 1 aromatic rings. The summed E-state index contributed by atoms with van der Waals surface area (Å²) in [6.07, 6.45) is 9.23. The molecule has 1 aromatic carbocycles. The fraction of sp³-hybridized carbons (Fsp3) is 0.579. The summed E-state index contributed by atoms with van der Waals surface area (Å²) in [4.78, 5) is 16.4. The number of aliphatic imine (C=N–C) groups is 1. The maximum atomic E-state index is 12.0. The Kier molecular flexibility index (Phi) is 6.29. The Labute approximate surface area is 155 Å². The van der Waals surface area contributed by atoms with E-state index in [-0.39, 0.29) is 23.8 Å². The number of nitrogens with zero attached hydrogens (tertiary/aromatic N) is 1. The minimum atomic E-state index is -3.52. The number of hydrogen-bond donors (Lipinski definition) is 2. The minimum Gasteiger partial charge on any atom is -0.356 e. The van der Waals surface area contributed by atoms with Crippen LogP contribution in [0.2, 0.25) is 0 Å². The van der Waals surface area contributed by atoms with E-state index in [2.05, 4.69) is 15.0 Å². The Morgan fingerprint density at radius 2 is 1.96 bits per heavy atom. The molecule has 1 amide bonds. The van der Waals surface area contributed by atoms with Crippen molar-refractivity contribution in [1.82, 2.24) is 10.0 Å². The highest BCUT2D eigenvalue weighted by atomic mass is 32.2. The van der Waals surface area contributed by atoms with Crippen LogP contribution < -0.4 is 10.0 Å². The van der Waals surface area contributed by atoms with Crippen LogP contribution in [0.15, 0.2) is 34.2 Å². The number of sulfonamides is 1. The summed E-state index contributed by atoms with van der Waals surface area (Å²) in [5.41, 5.74) is 0.570. The lowest BCUT2D eigenvalue weighted by molar-refractivity contribution is -0.120. The zero-order chi connectivity index (χ0) is 18.4. The fourth-order valence-corrected chi connectivity index (χ4v) is 4.95. The van der Waals surface area contributed by atoms with Gasteiger partial charge in [0.1, 0.15) is 5.84 Å².